The molecule has 2 nitrogen and oxygen atoms in total. The minimum absolute atomic E-state index is 0.291. The molecule has 1 aliphatic rings. The number of carbonyl (C=O) groups excluding carboxylic acids is 1. The highest BCUT2D eigenvalue weighted by atomic mass is 16.1. The Bertz CT molecular complexity index is 227. The van der Waals surface area contributed by atoms with Crippen LogP contribution in [0.5, 0.6) is 0 Å². The predicted octanol–water partition coefficient (Wildman–Crippen LogP) is 4.07. The Balaban J connectivity index is 2.14. The summed E-state index contributed by atoms with van der Waals surface area (Å²) < 4.78 is 0. The van der Waals surface area contributed by atoms with Gasteiger partial charge in [0.25, 0.3) is 0 Å². The van der Waals surface area contributed by atoms with Crippen LogP contribution in [0.25, 0.3) is 0 Å². The summed E-state index contributed by atoms with van der Waals surface area (Å²) in [5.41, 5.74) is 5.79. The number of ketones is 1. The molecule has 0 aromatic rings. The lowest BCUT2D eigenvalue weighted by Gasteiger charge is -2.29. The highest BCUT2D eigenvalue weighted by molar-refractivity contribution is 5.81. The molecule has 0 saturated heterocycles. The van der Waals surface area contributed by atoms with Crippen LogP contribution in [0.2, 0.25) is 0 Å². The molecule has 1 rings (SSSR count). The van der Waals surface area contributed by atoms with Crippen LogP contribution in [0, 0.1) is 11.8 Å². The number of nitrogens with two attached hydrogens (primary N) is 1. The van der Waals surface area contributed by atoms with Gasteiger partial charge in [0.05, 0.1) is 0 Å². The van der Waals surface area contributed by atoms with Gasteiger partial charge in [-0.25, -0.2) is 0 Å². The van der Waals surface area contributed by atoms with Crippen molar-refractivity contribution in [3.8, 4) is 0 Å². The molecule has 2 unspecified atom stereocenters. The minimum atomic E-state index is 0.291. The number of hydrogen-bond donors (Lipinski definition) is 1. The summed E-state index contributed by atoms with van der Waals surface area (Å²) in [7, 11) is 0. The third-order valence-corrected chi connectivity index (χ3v) is 4.40. The molecule has 0 amide bonds. The molecule has 1 saturated carbocycles. The van der Waals surface area contributed by atoms with E-state index in [0.29, 0.717) is 24.2 Å². The van der Waals surface area contributed by atoms with Gasteiger partial charge in [-0.3, -0.25) is 4.79 Å². The van der Waals surface area contributed by atoms with Gasteiger partial charge in [0, 0.05) is 12.3 Å². The van der Waals surface area contributed by atoms with Gasteiger partial charge in [-0.2, -0.15) is 0 Å². The topological polar surface area (TPSA) is 43.1 Å². The van der Waals surface area contributed by atoms with Gasteiger partial charge < -0.3 is 5.73 Å². The van der Waals surface area contributed by atoms with Gasteiger partial charge in [-0.1, -0.05) is 51.9 Å². The predicted molar refractivity (Wildman–Crippen MR) is 77.5 cm³/mol. The van der Waals surface area contributed by atoms with E-state index in [4.69, 9.17) is 5.73 Å². The summed E-state index contributed by atoms with van der Waals surface area (Å²) >= 11 is 0. The molecule has 106 valence electrons. The van der Waals surface area contributed by atoms with Crippen molar-refractivity contribution in [2.75, 3.05) is 6.54 Å². The lowest BCUT2D eigenvalue weighted by atomic mass is 9.76. The Kier molecular flexibility index (Phi) is 8.32. The second kappa shape index (κ2) is 9.55. The van der Waals surface area contributed by atoms with E-state index in [-0.39, 0.29) is 0 Å². The van der Waals surface area contributed by atoms with E-state index in [9.17, 15) is 4.79 Å². The van der Waals surface area contributed by atoms with Gasteiger partial charge >= 0.3 is 0 Å². The van der Waals surface area contributed by atoms with E-state index in [1.165, 1.54) is 51.4 Å². The standard InChI is InChI=1S/C16H31NO/c1-2-3-4-5-6-7-12-16(18)15-11-9-8-10-14(15)13-17/h14-15H,2-13,17H2,1H3. The van der Waals surface area contributed by atoms with Gasteiger partial charge in [-0.05, 0) is 31.7 Å². The van der Waals surface area contributed by atoms with E-state index in [0.717, 1.165) is 19.3 Å². The first-order valence-corrected chi connectivity index (χ1v) is 8.02. The normalized spacial score (nSPS) is 24.1. The van der Waals surface area contributed by atoms with Crippen LogP contribution >= 0.6 is 0 Å². The molecule has 0 aromatic carbocycles. The Hall–Kier alpha value is -0.370. The molecule has 0 aromatic heterocycles. The molecule has 0 spiro atoms. The molecule has 0 heterocycles. The van der Waals surface area contributed by atoms with Crippen molar-refractivity contribution in [3.05, 3.63) is 0 Å². The molecule has 0 aliphatic heterocycles. The second-order valence-electron chi connectivity index (χ2n) is 5.87. The lowest BCUT2D eigenvalue weighted by molar-refractivity contribution is -0.125. The van der Waals surface area contributed by atoms with Crippen LogP contribution in [-0.2, 0) is 4.79 Å². The monoisotopic (exact) mass is 253 g/mol. The molecule has 0 radical (unpaired) electrons. The maximum Gasteiger partial charge on any atom is 0.136 e. The molecule has 1 fully saturated rings. The summed E-state index contributed by atoms with van der Waals surface area (Å²) in [6.07, 6.45) is 13.1. The Morgan fingerprint density at radius 1 is 1.06 bits per heavy atom. The number of rotatable bonds is 9. The van der Waals surface area contributed by atoms with E-state index >= 15 is 0 Å². The number of Topliss-reactive ketones (excluding diaryl/α,β-unsaturated/α-hetero) is 1. The van der Waals surface area contributed by atoms with Gasteiger partial charge in [0.15, 0.2) is 0 Å². The second-order valence-corrected chi connectivity index (χ2v) is 5.87. The number of hydrogen-bond acceptors (Lipinski definition) is 2. The third kappa shape index (κ3) is 5.51. The van der Waals surface area contributed by atoms with E-state index < -0.39 is 0 Å². The van der Waals surface area contributed by atoms with Crippen LogP contribution < -0.4 is 5.73 Å². The van der Waals surface area contributed by atoms with Gasteiger partial charge in [0.2, 0.25) is 0 Å². The average molecular weight is 253 g/mol. The van der Waals surface area contributed by atoms with Crippen LogP contribution in [0.1, 0.15) is 77.6 Å². The van der Waals surface area contributed by atoms with Crippen molar-refractivity contribution in [1.29, 1.82) is 0 Å². The van der Waals surface area contributed by atoms with Crippen molar-refractivity contribution in [1.82, 2.24) is 0 Å². The fourth-order valence-electron chi connectivity index (χ4n) is 3.18. The van der Waals surface area contributed by atoms with Crippen LogP contribution in [-0.4, -0.2) is 12.3 Å². The number of unbranched alkanes of at least 4 members (excludes halogenated alkanes) is 5. The fraction of sp³-hybridized carbons (Fsp3) is 0.938. The van der Waals surface area contributed by atoms with Crippen molar-refractivity contribution in [3.63, 3.8) is 0 Å². The molecule has 0 bridgehead atoms. The first-order chi connectivity index (χ1) is 8.79. The Morgan fingerprint density at radius 3 is 2.44 bits per heavy atom. The molecule has 2 atom stereocenters. The van der Waals surface area contributed by atoms with E-state index in [1.807, 2.05) is 0 Å². The lowest BCUT2D eigenvalue weighted by Crippen LogP contribution is -2.32. The van der Waals surface area contributed by atoms with E-state index in [1.54, 1.807) is 0 Å². The van der Waals surface area contributed by atoms with E-state index in [2.05, 4.69) is 6.92 Å². The smallest absolute Gasteiger partial charge is 0.136 e. The first-order valence-electron chi connectivity index (χ1n) is 8.02. The van der Waals surface area contributed by atoms with Crippen LogP contribution in [0.4, 0.5) is 0 Å². The maximum atomic E-state index is 12.2. The largest absolute Gasteiger partial charge is 0.330 e. The van der Waals surface area contributed by atoms with Gasteiger partial charge in [-0.15, -0.1) is 0 Å². The van der Waals surface area contributed by atoms with Crippen LogP contribution in [0.15, 0.2) is 0 Å². The van der Waals surface area contributed by atoms with Gasteiger partial charge in [0.1, 0.15) is 5.78 Å². The molecular weight excluding hydrogens is 222 g/mol. The first kappa shape index (κ1) is 15.7. The van der Waals surface area contributed by atoms with Crippen molar-refractivity contribution < 1.29 is 4.79 Å². The summed E-state index contributed by atoms with van der Waals surface area (Å²) in [6, 6.07) is 0. The van der Waals surface area contributed by atoms with Crippen molar-refractivity contribution in [2.24, 2.45) is 17.6 Å². The summed E-state index contributed by atoms with van der Waals surface area (Å²) in [4.78, 5) is 12.2. The third-order valence-electron chi connectivity index (χ3n) is 4.40. The Labute approximate surface area is 113 Å². The summed E-state index contributed by atoms with van der Waals surface area (Å²) in [6.45, 7) is 2.94. The molecular formula is C16H31NO. The zero-order chi connectivity index (χ0) is 13.2. The minimum Gasteiger partial charge on any atom is -0.330 e. The zero-order valence-electron chi connectivity index (χ0n) is 12.1. The highest BCUT2D eigenvalue weighted by Crippen LogP contribution is 2.31. The highest BCUT2D eigenvalue weighted by Gasteiger charge is 2.28. The Morgan fingerprint density at radius 2 is 1.72 bits per heavy atom. The summed E-state index contributed by atoms with van der Waals surface area (Å²) in [5, 5.41) is 0. The molecule has 2 heteroatoms. The molecule has 2 N–H and O–H groups in total. The van der Waals surface area contributed by atoms with Crippen molar-refractivity contribution >= 4 is 5.78 Å². The quantitative estimate of drug-likeness (QED) is 0.629. The average Bonchev–Trinajstić information content (AvgIpc) is 2.42. The molecule has 1 aliphatic carbocycles. The fourth-order valence-corrected chi connectivity index (χ4v) is 3.18. The number of carbonyl (C=O) groups is 1. The van der Waals surface area contributed by atoms with Crippen LogP contribution in [0.3, 0.4) is 0 Å². The SMILES string of the molecule is CCCCCCCCC(=O)C1CCCCC1CN. The van der Waals surface area contributed by atoms with Crippen molar-refractivity contribution in [2.45, 2.75) is 77.6 Å². The zero-order valence-corrected chi connectivity index (χ0v) is 12.1. The maximum absolute atomic E-state index is 12.2. The molecule has 18 heavy (non-hydrogen) atoms. The summed E-state index contributed by atoms with van der Waals surface area (Å²) in [5.74, 6) is 1.27.